The lowest BCUT2D eigenvalue weighted by atomic mass is 9.93. The molecule has 2 atom stereocenters. The molecule has 0 aliphatic carbocycles. The summed E-state index contributed by atoms with van der Waals surface area (Å²) in [6, 6.07) is 14.8. The summed E-state index contributed by atoms with van der Waals surface area (Å²) in [5.74, 6) is 1.21. The second kappa shape index (κ2) is 13.0. The number of halogens is 3. The number of anilines is 2. The Hall–Kier alpha value is -3.86. The molecule has 252 valence electrons. The first-order valence-corrected chi connectivity index (χ1v) is 16.7. The number of nitrogens with zero attached hydrogens (tertiary/aromatic N) is 5. The number of hydrogen-bond donors (Lipinski definition) is 1. The summed E-state index contributed by atoms with van der Waals surface area (Å²) in [4.78, 5) is 37.5. The number of fused-ring (bicyclic) bond motifs is 3. The van der Waals surface area contributed by atoms with Crippen LogP contribution in [0.2, 0.25) is 0 Å². The number of nitrogens with one attached hydrogen (secondary N) is 1. The summed E-state index contributed by atoms with van der Waals surface area (Å²) in [5.41, 5.74) is 2.22. The average molecular weight is 651 g/mol. The Labute approximate surface area is 274 Å². The van der Waals surface area contributed by atoms with E-state index in [-0.39, 0.29) is 11.9 Å². The number of urea groups is 1. The number of carbonyl (C=O) groups excluding carboxylic acids is 2. The predicted octanol–water partition coefficient (Wildman–Crippen LogP) is 7.44. The lowest BCUT2D eigenvalue weighted by Gasteiger charge is -2.41. The molecule has 3 aliphatic rings. The van der Waals surface area contributed by atoms with Crippen LogP contribution in [0.4, 0.5) is 29.3 Å². The molecule has 3 aliphatic heterocycles. The fraction of sp³-hybridized carbons (Fsp3) is 0.528. The molecule has 47 heavy (non-hydrogen) atoms. The maximum Gasteiger partial charge on any atom is 0.416 e. The lowest BCUT2D eigenvalue weighted by molar-refractivity contribution is -0.140. The van der Waals surface area contributed by atoms with Crippen LogP contribution in [0.5, 0.6) is 0 Å². The number of carbonyl (C=O) groups is 2. The van der Waals surface area contributed by atoms with Gasteiger partial charge in [-0.1, -0.05) is 39.0 Å². The minimum Gasteiger partial charge on any atom is -0.336 e. The maximum atomic E-state index is 13.4. The van der Waals surface area contributed by atoms with Crippen LogP contribution in [0, 0.1) is 12.3 Å². The smallest absolute Gasteiger partial charge is 0.336 e. The fourth-order valence-electron chi connectivity index (χ4n) is 7.79. The largest absolute Gasteiger partial charge is 0.416 e. The monoisotopic (exact) mass is 650 g/mol. The molecular formula is C36H45F3N6O2. The van der Waals surface area contributed by atoms with Gasteiger partial charge in [0.15, 0.2) is 0 Å². The quantitative estimate of drug-likeness (QED) is 0.289. The van der Waals surface area contributed by atoms with Crippen molar-refractivity contribution in [3.05, 3.63) is 77.4 Å². The first-order chi connectivity index (χ1) is 22.3. The number of imidazole rings is 1. The third kappa shape index (κ3) is 7.05. The number of para-hydroxylation sites is 1. The number of benzene rings is 2. The molecule has 0 saturated carbocycles. The maximum absolute atomic E-state index is 13.4. The third-order valence-electron chi connectivity index (χ3n) is 9.96. The van der Waals surface area contributed by atoms with Crippen molar-refractivity contribution in [2.75, 3.05) is 29.9 Å². The molecule has 2 aromatic carbocycles. The van der Waals surface area contributed by atoms with E-state index < -0.39 is 17.2 Å². The van der Waals surface area contributed by atoms with E-state index in [1.54, 1.807) is 4.90 Å². The van der Waals surface area contributed by atoms with Crippen LogP contribution in [-0.4, -0.2) is 63.0 Å². The Balaban J connectivity index is 1.08. The summed E-state index contributed by atoms with van der Waals surface area (Å²) in [5, 5.41) is 2.78. The highest BCUT2D eigenvalue weighted by molar-refractivity contribution is 6.01. The van der Waals surface area contributed by atoms with Crippen LogP contribution in [0.3, 0.4) is 0 Å². The normalized spacial score (nSPS) is 21.4. The standard InChI is InChI=1S/C36H45F3N6O2/c1-24-40-31-23-42(33(46)35(2,3)4)20-17-32(31)45(24)30-21-28-15-16-29(22-30)43(28)18-8-19-44(27-9-6-5-7-10-27)34(47)41-26-13-11-25(12-14-26)36(37,38)39/h5-7,9-14,28-30H,8,15-23H2,1-4H3,(H,41,47)/t28-,29-/m1/s1. The van der Waals surface area contributed by atoms with Gasteiger partial charge in [-0.2, -0.15) is 13.2 Å². The molecule has 0 spiro atoms. The van der Waals surface area contributed by atoms with E-state index in [4.69, 9.17) is 4.98 Å². The Morgan fingerprint density at radius 1 is 0.957 bits per heavy atom. The lowest BCUT2D eigenvalue weighted by Crippen LogP contribution is -2.46. The molecule has 2 saturated heterocycles. The van der Waals surface area contributed by atoms with E-state index in [1.807, 2.05) is 56.0 Å². The van der Waals surface area contributed by atoms with Crippen LogP contribution >= 0.6 is 0 Å². The number of alkyl halides is 3. The third-order valence-corrected chi connectivity index (χ3v) is 9.96. The second-order valence-corrected chi connectivity index (χ2v) is 14.2. The fourth-order valence-corrected chi connectivity index (χ4v) is 7.79. The molecule has 4 heterocycles. The van der Waals surface area contributed by atoms with Gasteiger partial charge in [-0.15, -0.1) is 0 Å². The second-order valence-electron chi connectivity index (χ2n) is 14.2. The Kier molecular flexibility index (Phi) is 9.13. The van der Waals surface area contributed by atoms with Gasteiger partial charge in [-0.3, -0.25) is 14.6 Å². The number of amides is 3. The van der Waals surface area contributed by atoms with Gasteiger partial charge in [0.2, 0.25) is 5.91 Å². The highest BCUT2D eigenvalue weighted by atomic mass is 19.4. The molecule has 8 nitrogen and oxygen atoms in total. The van der Waals surface area contributed by atoms with E-state index in [2.05, 4.69) is 21.7 Å². The van der Waals surface area contributed by atoms with E-state index >= 15 is 0 Å². The zero-order valence-electron chi connectivity index (χ0n) is 27.7. The predicted molar refractivity (Wildman–Crippen MR) is 176 cm³/mol. The van der Waals surface area contributed by atoms with Gasteiger partial charge in [0.1, 0.15) is 5.82 Å². The van der Waals surface area contributed by atoms with Crippen molar-refractivity contribution < 1.29 is 22.8 Å². The minimum atomic E-state index is -4.43. The van der Waals surface area contributed by atoms with Crippen molar-refractivity contribution in [3.63, 3.8) is 0 Å². The van der Waals surface area contributed by atoms with Crippen LogP contribution in [-0.2, 0) is 23.9 Å². The molecule has 0 radical (unpaired) electrons. The molecule has 0 unspecified atom stereocenters. The highest BCUT2D eigenvalue weighted by Gasteiger charge is 2.42. The first-order valence-electron chi connectivity index (χ1n) is 16.7. The van der Waals surface area contributed by atoms with Gasteiger partial charge in [0, 0.05) is 66.7 Å². The van der Waals surface area contributed by atoms with Crippen molar-refractivity contribution in [1.82, 2.24) is 19.4 Å². The highest BCUT2D eigenvalue weighted by Crippen LogP contribution is 2.42. The van der Waals surface area contributed by atoms with Gasteiger partial charge in [-0.25, -0.2) is 9.78 Å². The van der Waals surface area contributed by atoms with E-state index in [1.165, 1.54) is 17.8 Å². The summed E-state index contributed by atoms with van der Waals surface area (Å²) in [6.45, 7) is 10.6. The number of rotatable bonds is 7. The summed E-state index contributed by atoms with van der Waals surface area (Å²) in [7, 11) is 0. The van der Waals surface area contributed by atoms with Crippen molar-refractivity contribution in [2.45, 2.75) is 97.1 Å². The molecular weight excluding hydrogens is 605 g/mol. The molecule has 2 fully saturated rings. The topological polar surface area (TPSA) is 73.7 Å². The van der Waals surface area contributed by atoms with Crippen LogP contribution < -0.4 is 10.2 Å². The number of hydrogen-bond acceptors (Lipinski definition) is 4. The van der Waals surface area contributed by atoms with Gasteiger partial charge in [0.05, 0.1) is 17.8 Å². The molecule has 11 heteroatoms. The van der Waals surface area contributed by atoms with Gasteiger partial charge < -0.3 is 14.8 Å². The molecule has 1 aromatic heterocycles. The van der Waals surface area contributed by atoms with Gasteiger partial charge >= 0.3 is 12.2 Å². The Morgan fingerprint density at radius 2 is 1.62 bits per heavy atom. The van der Waals surface area contributed by atoms with Crippen LogP contribution in [0.25, 0.3) is 0 Å². The van der Waals surface area contributed by atoms with Crippen molar-refractivity contribution in [3.8, 4) is 0 Å². The zero-order chi connectivity index (χ0) is 33.5. The molecule has 3 amide bonds. The number of aromatic nitrogens is 2. The van der Waals surface area contributed by atoms with Crippen molar-refractivity contribution in [2.24, 2.45) is 5.41 Å². The van der Waals surface area contributed by atoms with E-state index in [0.717, 1.165) is 81.0 Å². The van der Waals surface area contributed by atoms with Gasteiger partial charge in [0.25, 0.3) is 0 Å². The average Bonchev–Trinajstić information content (AvgIpc) is 3.47. The van der Waals surface area contributed by atoms with Gasteiger partial charge in [-0.05, 0) is 75.4 Å². The van der Waals surface area contributed by atoms with Crippen molar-refractivity contribution in [1.29, 1.82) is 0 Å². The van der Waals surface area contributed by atoms with Crippen LogP contribution in [0.15, 0.2) is 54.6 Å². The first kappa shape index (κ1) is 33.1. The Morgan fingerprint density at radius 3 is 2.23 bits per heavy atom. The molecule has 2 bridgehead atoms. The Bertz CT molecular complexity index is 1570. The van der Waals surface area contributed by atoms with E-state index in [9.17, 15) is 22.8 Å². The SMILES string of the molecule is Cc1nc2c(n1C1C[C@H]3CC[C@H](C1)N3CCCN(C(=O)Nc1ccc(C(F)(F)F)cc1)c1ccccc1)CCN(C(=O)C(C)(C)C)C2. The molecule has 1 N–H and O–H groups in total. The van der Waals surface area contributed by atoms with Crippen LogP contribution in [0.1, 0.15) is 81.7 Å². The molecule has 6 rings (SSSR count). The summed E-state index contributed by atoms with van der Waals surface area (Å²) in [6.07, 6.45) is 1.59. The number of piperidine rings is 1. The minimum absolute atomic E-state index is 0.171. The summed E-state index contributed by atoms with van der Waals surface area (Å²) < 4.78 is 41.5. The molecule has 3 aromatic rings. The summed E-state index contributed by atoms with van der Waals surface area (Å²) >= 11 is 0. The van der Waals surface area contributed by atoms with Crippen molar-refractivity contribution >= 4 is 23.3 Å². The number of aryl methyl sites for hydroxylation is 1. The zero-order valence-corrected chi connectivity index (χ0v) is 27.7. The van der Waals surface area contributed by atoms with E-state index in [0.29, 0.717) is 36.9 Å².